The number of nitrogens with zero attached hydrogens (tertiary/aromatic N) is 3. The number of hydrogen-bond acceptors (Lipinski definition) is 3. The number of amides is 1. The Hall–Kier alpha value is -1.69. The molecule has 1 aromatic heterocycles. The lowest BCUT2D eigenvalue weighted by Gasteiger charge is -2.08. The van der Waals surface area contributed by atoms with E-state index in [2.05, 4.69) is 31.3 Å². The van der Waals surface area contributed by atoms with E-state index < -0.39 is 0 Å². The van der Waals surface area contributed by atoms with Crippen LogP contribution >= 0.6 is 15.9 Å². The molecule has 94 valence electrons. The van der Waals surface area contributed by atoms with Crippen molar-refractivity contribution < 1.29 is 4.79 Å². The van der Waals surface area contributed by atoms with Crippen LogP contribution in [0.5, 0.6) is 0 Å². The average Bonchev–Trinajstić information content (AvgIpc) is 2.84. The fourth-order valence-electron chi connectivity index (χ4n) is 1.51. The molecule has 0 atom stereocenters. The number of benzene rings is 1. The summed E-state index contributed by atoms with van der Waals surface area (Å²) >= 11 is 3.41. The highest BCUT2D eigenvalue weighted by Gasteiger charge is 2.06. The smallest absolute Gasteiger partial charge is 0.226 e. The molecule has 18 heavy (non-hydrogen) atoms. The zero-order valence-electron chi connectivity index (χ0n) is 9.93. The second-order valence-corrected chi connectivity index (χ2v) is 4.79. The molecule has 0 aliphatic heterocycles. The maximum absolute atomic E-state index is 11.8. The molecule has 0 aliphatic rings. The summed E-state index contributed by atoms with van der Waals surface area (Å²) in [6.45, 7) is 2.51. The first kappa shape index (κ1) is 12.8. The van der Waals surface area contributed by atoms with Crippen molar-refractivity contribution in [2.45, 2.75) is 19.9 Å². The number of aromatic nitrogens is 3. The van der Waals surface area contributed by atoms with Gasteiger partial charge >= 0.3 is 0 Å². The van der Waals surface area contributed by atoms with E-state index in [9.17, 15) is 4.79 Å². The minimum absolute atomic E-state index is 0.0446. The van der Waals surface area contributed by atoms with Crippen LogP contribution in [0.3, 0.4) is 0 Å². The van der Waals surface area contributed by atoms with Crippen LogP contribution in [0, 0.1) is 6.92 Å². The van der Waals surface area contributed by atoms with Crippen LogP contribution in [0.4, 0.5) is 5.69 Å². The molecule has 0 aliphatic carbocycles. The van der Waals surface area contributed by atoms with E-state index in [1.807, 2.05) is 25.1 Å². The van der Waals surface area contributed by atoms with E-state index in [1.165, 1.54) is 6.33 Å². The summed E-state index contributed by atoms with van der Waals surface area (Å²) in [6.07, 6.45) is 3.41. The van der Waals surface area contributed by atoms with Gasteiger partial charge in [0, 0.05) is 10.9 Å². The second kappa shape index (κ2) is 5.77. The summed E-state index contributed by atoms with van der Waals surface area (Å²) in [5.74, 6) is -0.0446. The third-order valence-corrected chi connectivity index (χ3v) is 3.12. The highest BCUT2D eigenvalue weighted by Crippen LogP contribution is 2.23. The Morgan fingerprint density at radius 3 is 3.06 bits per heavy atom. The number of nitrogens with one attached hydrogen (secondary N) is 1. The van der Waals surface area contributed by atoms with E-state index in [4.69, 9.17) is 0 Å². The van der Waals surface area contributed by atoms with Gasteiger partial charge in [-0.2, -0.15) is 5.10 Å². The SMILES string of the molecule is Cc1ccc(Br)c(NC(=O)CCn2cncn2)c1. The Kier molecular flexibility index (Phi) is 4.09. The Bertz CT molecular complexity index is 539. The molecule has 0 bridgehead atoms. The van der Waals surface area contributed by atoms with Crippen molar-refractivity contribution in [3.63, 3.8) is 0 Å². The second-order valence-electron chi connectivity index (χ2n) is 3.94. The standard InChI is InChI=1S/C12H13BrN4O/c1-9-2-3-10(13)11(6-9)16-12(18)4-5-17-8-14-7-15-17/h2-3,6-8H,4-5H2,1H3,(H,16,18). The van der Waals surface area contributed by atoms with Gasteiger partial charge in [0.05, 0.1) is 12.2 Å². The number of carbonyl (C=O) groups is 1. The lowest BCUT2D eigenvalue weighted by molar-refractivity contribution is -0.116. The molecular weight excluding hydrogens is 296 g/mol. The van der Waals surface area contributed by atoms with Gasteiger partial charge in [0.1, 0.15) is 12.7 Å². The Labute approximate surface area is 113 Å². The van der Waals surface area contributed by atoms with E-state index in [-0.39, 0.29) is 5.91 Å². The van der Waals surface area contributed by atoms with Gasteiger partial charge in [-0.05, 0) is 40.5 Å². The molecule has 0 fully saturated rings. The Morgan fingerprint density at radius 1 is 1.50 bits per heavy atom. The molecule has 0 saturated carbocycles. The maximum Gasteiger partial charge on any atom is 0.226 e. The number of hydrogen-bond donors (Lipinski definition) is 1. The van der Waals surface area contributed by atoms with Gasteiger partial charge in [0.15, 0.2) is 0 Å². The van der Waals surface area contributed by atoms with E-state index in [1.54, 1.807) is 11.0 Å². The molecule has 5 nitrogen and oxygen atoms in total. The number of halogens is 1. The van der Waals surface area contributed by atoms with Crippen LogP contribution in [-0.2, 0) is 11.3 Å². The van der Waals surface area contributed by atoms with Crippen molar-refractivity contribution in [3.8, 4) is 0 Å². The van der Waals surface area contributed by atoms with Crippen LogP contribution < -0.4 is 5.32 Å². The number of rotatable bonds is 4. The lowest BCUT2D eigenvalue weighted by atomic mass is 10.2. The van der Waals surface area contributed by atoms with Crippen LogP contribution in [0.15, 0.2) is 35.3 Å². The van der Waals surface area contributed by atoms with Gasteiger partial charge in [-0.25, -0.2) is 4.98 Å². The summed E-state index contributed by atoms with van der Waals surface area (Å²) in [5.41, 5.74) is 1.89. The van der Waals surface area contributed by atoms with E-state index in [0.717, 1.165) is 15.7 Å². The largest absolute Gasteiger partial charge is 0.325 e. The summed E-state index contributed by atoms with van der Waals surface area (Å²) < 4.78 is 2.51. The lowest BCUT2D eigenvalue weighted by Crippen LogP contribution is -2.15. The van der Waals surface area contributed by atoms with Gasteiger partial charge in [0.2, 0.25) is 5.91 Å². The van der Waals surface area contributed by atoms with Crippen molar-refractivity contribution >= 4 is 27.5 Å². The molecule has 2 rings (SSSR count). The van der Waals surface area contributed by atoms with Crippen molar-refractivity contribution in [1.82, 2.24) is 14.8 Å². The monoisotopic (exact) mass is 308 g/mol. The van der Waals surface area contributed by atoms with Crippen molar-refractivity contribution in [3.05, 3.63) is 40.9 Å². The third kappa shape index (κ3) is 3.40. The zero-order chi connectivity index (χ0) is 13.0. The number of aryl methyl sites for hydroxylation is 2. The Morgan fingerprint density at radius 2 is 2.33 bits per heavy atom. The summed E-state index contributed by atoms with van der Waals surface area (Å²) in [5, 5.41) is 6.81. The quantitative estimate of drug-likeness (QED) is 0.943. The predicted molar refractivity (Wildman–Crippen MR) is 72.1 cm³/mol. The first-order valence-corrected chi connectivity index (χ1v) is 6.33. The topological polar surface area (TPSA) is 59.8 Å². The van der Waals surface area contributed by atoms with Gasteiger partial charge in [-0.1, -0.05) is 6.07 Å². The van der Waals surface area contributed by atoms with Crippen LogP contribution in [0.2, 0.25) is 0 Å². The average molecular weight is 309 g/mol. The molecule has 0 spiro atoms. The first-order valence-electron chi connectivity index (χ1n) is 5.53. The highest BCUT2D eigenvalue weighted by atomic mass is 79.9. The van der Waals surface area contributed by atoms with E-state index >= 15 is 0 Å². The Balaban J connectivity index is 1.92. The van der Waals surface area contributed by atoms with Gasteiger partial charge in [-0.15, -0.1) is 0 Å². The summed E-state index contributed by atoms with van der Waals surface area (Å²) in [6, 6.07) is 5.83. The number of carbonyl (C=O) groups excluding carboxylic acids is 1. The molecule has 0 unspecified atom stereocenters. The number of anilines is 1. The van der Waals surface area contributed by atoms with Gasteiger partial charge in [0.25, 0.3) is 0 Å². The minimum atomic E-state index is -0.0446. The van der Waals surface area contributed by atoms with Gasteiger partial charge < -0.3 is 5.32 Å². The van der Waals surface area contributed by atoms with Crippen molar-refractivity contribution in [1.29, 1.82) is 0 Å². The maximum atomic E-state index is 11.8. The molecule has 1 amide bonds. The van der Waals surface area contributed by atoms with Crippen molar-refractivity contribution in [2.75, 3.05) is 5.32 Å². The molecule has 1 aromatic carbocycles. The van der Waals surface area contributed by atoms with Crippen LogP contribution in [-0.4, -0.2) is 20.7 Å². The fraction of sp³-hybridized carbons (Fsp3) is 0.250. The molecule has 6 heteroatoms. The molecular formula is C12H13BrN4O. The normalized spacial score (nSPS) is 10.3. The zero-order valence-corrected chi connectivity index (χ0v) is 11.5. The molecule has 2 aromatic rings. The molecule has 1 heterocycles. The summed E-state index contributed by atoms with van der Waals surface area (Å²) in [4.78, 5) is 15.6. The fourth-order valence-corrected chi connectivity index (χ4v) is 1.86. The van der Waals surface area contributed by atoms with Gasteiger partial charge in [-0.3, -0.25) is 9.48 Å². The minimum Gasteiger partial charge on any atom is -0.325 e. The third-order valence-electron chi connectivity index (χ3n) is 2.43. The van der Waals surface area contributed by atoms with Crippen LogP contribution in [0.25, 0.3) is 0 Å². The molecule has 1 N–H and O–H groups in total. The first-order chi connectivity index (χ1) is 8.65. The molecule has 0 saturated heterocycles. The van der Waals surface area contributed by atoms with Crippen molar-refractivity contribution in [2.24, 2.45) is 0 Å². The highest BCUT2D eigenvalue weighted by molar-refractivity contribution is 9.10. The summed E-state index contributed by atoms with van der Waals surface area (Å²) in [7, 11) is 0. The van der Waals surface area contributed by atoms with Crippen LogP contribution in [0.1, 0.15) is 12.0 Å². The van der Waals surface area contributed by atoms with E-state index in [0.29, 0.717) is 13.0 Å². The predicted octanol–water partition coefficient (Wildman–Crippen LogP) is 2.38. The molecule has 0 radical (unpaired) electrons.